The van der Waals surface area contributed by atoms with Gasteiger partial charge >= 0.3 is 0 Å². The molecule has 0 aliphatic carbocycles. The van der Waals surface area contributed by atoms with Crippen LogP contribution in [0.15, 0.2) is 0 Å². The van der Waals surface area contributed by atoms with Crippen molar-refractivity contribution >= 4 is 17.7 Å². The molecule has 1 fully saturated rings. The average Bonchev–Trinajstić information content (AvgIpc) is 2.88. The summed E-state index contributed by atoms with van der Waals surface area (Å²) < 4.78 is 5.63. The molecule has 1 aliphatic heterocycles. The van der Waals surface area contributed by atoms with Gasteiger partial charge in [0.2, 0.25) is 5.91 Å². The molecule has 100 valence electrons. The van der Waals surface area contributed by atoms with Crippen molar-refractivity contribution in [2.75, 3.05) is 31.7 Å². The van der Waals surface area contributed by atoms with Crippen LogP contribution in [0.3, 0.4) is 0 Å². The molecule has 0 radical (unpaired) electrons. The molecule has 1 aromatic heterocycles. The molecule has 1 atom stereocenters. The van der Waals surface area contributed by atoms with Gasteiger partial charge in [0.1, 0.15) is 11.9 Å². The molecule has 0 saturated carbocycles. The van der Waals surface area contributed by atoms with E-state index in [9.17, 15) is 4.79 Å². The maximum absolute atomic E-state index is 11.8. The Morgan fingerprint density at radius 2 is 2.50 bits per heavy atom. The summed E-state index contributed by atoms with van der Waals surface area (Å²) in [6.07, 6.45) is 2.54. The van der Waals surface area contributed by atoms with Crippen molar-refractivity contribution in [3.8, 4) is 0 Å². The second-order valence-corrected chi connectivity index (χ2v) is 4.99. The first-order valence-electron chi connectivity index (χ1n) is 6.04. The molecule has 6 nitrogen and oxygen atoms in total. The lowest BCUT2D eigenvalue weighted by Gasteiger charge is -2.31. The number of nitrogens with zero attached hydrogens (tertiary/aromatic N) is 3. The van der Waals surface area contributed by atoms with E-state index in [0.29, 0.717) is 31.3 Å². The molecule has 1 amide bonds. The van der Waals surface area contributed by atoms with Crippen LogP contribution in [0.2, 0.25) is 0 Å². The standard InChI is InChI=1S/C11H18N4O2S/c1-3-9-12-11(14-13-9)8-6-15(4-5-17-8)10(16)7-18-2/h8H,3-7H2,1-2H3,(H,12,13,14)/t8-/m1/s1. The Labute approximate surface area is 110 Å². The predicted octanol–water partition coefficient (Wildman–Crippen LogP) is 0.630. The monoisotopic (exact) mass is 270 g/mol. The second kappa shape index (κ2) is 6.19. The zero-order chi connectivity index (χ0) is 13.0. The summed E-state index contributed by atoms with van der Waals surface area (Å²) in [4.78, 5) is 18.0. The third-order valence-corrected chi connectivity index (χ3v) is 3.39. The molecule has 1 N–H and O–H groups in total. The first-order chi connectivity index (χ1) is 8.74. The summed E-state index contributed by atoms with van der Waals surface area (Å²) in [6.45, 7) is 3.75. The topological polar surface area (TPSA) is 71.1 Å². The van der Waals surface area contributed by atoms with E-state index in [1.807, 2.05) is 18.1 Å². The zero-order valence-electron chi connectivity index (χ0n) is 10.7. The van der Waals surface area contributed by atoms with Crippen molar-refractivity contribution in [3.05, 3.63) is 11.6 Å². The van der Waals surface area contributed by atoms with Crippen LogP contribution in [-0.4, -0.2) is 57.7 Å². The van der Waals surface area contributed by atoms with Crippen LogP contribution >= 0.6 is 11.8 Å². The Hall–Kier alpha value is -1.08. The third kappa shape index (κ3) is 3.02. The van der Waals surface area contributed by atoms with Crippen molar-refractivity contribution in [1.82, 2.24) is 20.1 Å². The van der Waals surface area contributed by atoms with E-state index >= 15 is 0 Å². The first-order valence-corrected chi connectivity index (χ1v) is 7.43. The number of aryl methyl sites for hydroxylation is 1. The highest BCUT2D eigenvalue weighted by Crippen LogP contribution is 2.19. The van der Waals surface area contributed by atoms with E-state index in [-0.39, 0.29) is 12.0 Å². The number of ether oxygens (including phenoxy) is 1. The van der Waals surface area contributed by atoms with Gasteiger partial charge in [-0.15, -0.1) is 0 Å². The highest BCUT2D eigenvalue weighted by Gasteiger charge is 2.27. The Morgan fingerprint density at radius 1 is 1.67 bits per heavy atom. The molecule has 0 spiro atoms. The number of aromatic amines is 1. The number of hydrogen-bond acceptors (Lipinski definition) is 5. The summed E-state index contributed by atoms with van der Waals surface area (Å²) in [5.74, 6) is 2.16. The number of morpholine rings is 1. The molecule has 0 unspecified atom stereocenters. The van der Waals surface area contributed by atoms with Crippen molar-refractivity contribution < 1.29 is 9.53 Å². The number of H-pyrrole nitrogens is 1. The first kappa shape index (κ1) is 13.4. The number of thioether (sulfide) groups is 1. The summed E-state index contributed by atoms with van der Waals surface area (Å²) in [5.41, 5.74) is 0. The van der Waals surface area contributed by atoms with Crippen LogP contribution in [0.25, 0.3) is 0 Å². The summed E-state index contributed by atoms with van der Waals surface area (Å²) in [6, 6.07) is 0. The number of amides is 1. The SMILES string of the molecule is CCc1nc([C@H]2CN(C(=O)CSC)CCO2)n[nH]1. The molecule has 0 bridgehead atoms. The molecule has 1 aliphatic rings. The van der Waals surface area contributed by atoms with Crippen molar-refractivity contribution in [2.24, 2.45) is 0 Å². The van der Waals surface area contributed by atoms with E-state index in [1.165, 1.54) is 11.8 Å². The molecular formula is C11H18N4O2S. The Morgan fingerprint density at radius 3 is 3.17 bits per heavy atom. The fourth-order valence-corrected chi connectivity index (χ4v) is 2.29. The van der Waals surface area contributed by atoms with Crippen molar-refractivity contribution in [1.29, 1.82) is 0 Å². The van der Waals surface area contributed by atoms with Crippen LogP contribution in [-0.2, 0) is 16.0 Å². The molecule has 2 heterocycles. The highest BCUT2D eigenvalue weighted by molar-refractivity contribution is 7.99. The second-order valence-electron chi connectivity index (χ2n) is 4.13. The fraction of sp³-hybridized carbons (Fsp3) is 0.727. The number of aromatic nitrogens is 3. The van der Waals surface area contributed by atoms with Gasteiger partial charge in [0, 0.05) is 13.0 Å². The Kier molecular flexibility index (Phi) is 4.60. The lowest BCUT2D eigenvalue weighted by atomic mass is 10.2. The zero-order valence-corrected chi connectivity index (χ0v) is 11.5. The Balaban J connectivity index is 1.99. The van der Waals surface area contributed by atoms with E-state index < -0.39 is 0 Å². The minimum Gasteiger partial charge on any atom is -0.366 e. The summed E-state index contributed by atoms with van der Waals surface area (Å²) >= 11 is 1.54. The van der Waals surface area contributed by atoms with Gasteiger partial charge in [-0.3, -0.25) is 9.89 Å². The van der Waals surface area contributed by atoms with E-state index in [2.05, 4.69) is 15.2 Å². The van der Waals surface area contributed by atoms with Gasteiger partial charge in [-0.05, 0) is 6.26 Å². The third-order valence-electron chi connectivity index (χ3n) is 2.86. The van der Waals surface area contributed by atoms with E-state index in [4.69, 9.17) is 4.74 Å². The lowest BCUT2D eigenvalue weighted by Crippen LogP contribution is -2.43. The molecule has 1 saturated heterocycles. The predicted molar refractivity (Wildman–Crippen MR) is 69.4 cm³/mol. The maximum Gasteiger partial charge on any atom is 0.232 e. The van der Waals surface area contributed by atoms with Gasteiger partial charge in [0.25, 0.3) is 0 Å². The molecular weight excluding hydrogens is 252 g/mol. The van der Waals surface area contributed by atoms with E-state index in [0.717, 1.165) is 12.2 Å². The number of nitrogens with one attached hydrogen (secondary N) is 1. The average molecular weight is 270 g/mol. The molecule has 2 rings (SSSR count). The van der Waals surface area contributed by atoms with Gasteiger partial charge in [-0.25, -0.2) is 4.98 Å². The van der Waals surface area contributed by atoms with Gasteiger partial charge < -0.3 is 9.64 Å². The molecule has 1 aromatic rings. The number of carbonyl (C=O) groups is 1. The van der Waals surface area contributed by atoms with Gasteiger partial charge in [-0.1, -0.05) is 6.92 Å². The van der Waals surface area contributed by atoms with Crippen LogP contribution in [0, 0.1) is 0 Å². The summed E-state index contributed by atoms with van der Waals surface area (Å²) in [5, 5.41) is 7.02. The van der Waals surface area contributed by atoms with Crippen LogP contribution in [0.5, 0.6) is 0 Å². The summed E-state index contributed by atoms with van der Waals surface area (Å²) in [7, 11) is 0. The minimum absolute atomic E-state index is 0.155. The number of rotatable bonds is 4. The largest absolute Gasteiger partial charge is 0.366 e. The van der Waals surface area contributed by atoms with Crippen molar-refractivity contribution in [3.63, 3.8) is 0 Å². The number of carbonyl (C=O) groups excluding carboxylic acids is 1. The smallest absolute Gasteiger partial charge is 0.232 e. The van der Waals surface area contributed by atoms with Crippen molar-refractivity contribution in [2.45, 2.75) is 19.4 Å². The molecule has 0 aromatic carbocycles. The van der Waals surface area contributed by atoms with E-state index in [1.54, 1.807) is 0 Å². The maximum atomic E-state index is 11.8. The minimum atomic E-state index is -0.207. The lowest BCUT2D eigenvalue weighted by molar-refractivity contribution is -0.136. The Bertz CT molecular complexity index is 410. The normalized spacial score (nSPS) is 20.1. The fourth-order valence-electron chi connectivity index (χ4n) is 1.86. The van der Waals surface area contributed by atoms with Crippen LogP contribution < -0.4 is 0 Å². The van der Waals surface area contributed by atoms with Gasteiger partial charge in [0.15, 0.2) is 5.82 Å². The van der Waals surface area contributed by atoms with Gasteiger partial charge in [0.05, 0.1) is 18.9 Å². The quantitative estimate of drug-likeness (QED) is 0.869. The molecule has 18 heavy (non-hydrogen) atoms. The highest BCUT2D eigenvalue weighted by atomic mass is 32.2. The van der Waals surface area contributed by atoms with Crippen LogP contribution in [0.4, 0.5) is 0 Å². The van der Waals surface area contributed by atoms with Crippen LogP contribution in [0.1, 0.15) is 24.7 Å². The number of hydrogen-bond donors (Lipinski definition) is 1. The van der Waals surface area contributed by atoms with Gasteiger partial charge in [-0.2, -0.15) is 16.9 Å². The molecule has 7 heteroatoms.